The van der Waals surface area contributed by atoms with Crippen LogP contribution in [0.4, 0.5) is 0 Å². The highest BCUT2D eigenvalue weighted by atomic mass is 16.2. The van der Waals surface area contributed by atoms with Crippen LogP contribution in [0.5, 0.6) is 0 Å². The first-order valence-electron chi connectivity index (χ1n) is 7.90. The Labute approximate surface area is 124 Å². The molecule has 1 unspecified atom stereocenters. The molecule has 0 radical (unpaired) electrons. The molecule has 20 heavy (non-hydrogen) atoms. The van der Waals surface area contributed by atoms with Gasteiger partial charge in [-0.25, -0.2) is 0 Å². The topological polar surface area (TPSA) is 47.6 Å². The zero-order valence-electron chi connectivity index (χ0n) is 13.8. The fraction of sp³-hybridized carbons (Fsp3) is 0.933. The first-order chi connectivity index (χ1) is 9.41. The Morgan fingerprint density at radius 3 is 2.35 bits per heavy atom. The normalized spacial score (nSPS) is 19.1. The average Bonchev–Trinajstić information content (AvgIpc) is 2.45. The van der Waals surface area contributed by atoms with Gasteiger partial charge in [-0.05, 0) is 33.9 Å². The van der Waals surface area contributed by atoms with Gasteiger partial charge in [0.25, 0.3) is 0 Å². The molecule has 5 nitrogen and oxygen atoms in total. The largest absolute Gasteiger partial charge is 0.351 e. The van der Waals surface area contributed by atoms with E-state index >= 15 is 0 Å². The lowest BCUT2D eigenvalue weighted by atomic mass is 10.00. The second-order valence-corrected chi connectivity index (χ2v) is 6.16. The zero-order chi connectivity index (χ0) is 15.2. The lowest BCUT2D eigenvalue weighted by Gasteiger charge is -2.40. The Hall–Kier alpha value is -0.650. The Kier molecular flexibility index (Phi) is 6.92. The molecule has 1 heterocycles. The maximum absolute atomic E-state index is 12.5. The van der Waals surface area contributed by atoms with Crippen LogP contribution in [0, 0.1) is 0 Å². The summed E-state index contributed by atoms with van der Waals surface area (Å²) in [6.45, 7) is 17.2. The lowest BCUT2D eigenvalue weighted by Crippen LogP contribution is -2.61. The van der Waals surface area contributed by atoms with Crippen LogP contribution in [0.3, 0.4) is 0 Å². The minimum absolute atomic E-state index is 0.138. The van der Waals surface area contributed by atoms with Crippen molar-refractivity contribution in [3.8, 4) is 0 Å². The number of rotatable bonds is 7. The smallest absolute Gasteiger partial charge is 0.240 e. The molecular weight excluding hydrogens is 252 g/mol. The van der Waals surface area contributed by atoms with Gasteiger partial charge >= 0.3 is 0 Å². The van der Waals surface area contributed by atoms with Crippen LogP contribution in [-0.4, -0.2) is 73.1 Å². The second-order valence-electron chi connectivity index (χ2n) is 6.16. The summed E-state index contributed by atoms with van der Waals surface area (Å²) in [6, 6.07) is 0.185. The molecule has 0 aromatic carbocycles. The van der Waals surface area contributed by atoms with Crippen LogP contribution in [0.2, 0.25) is 0 Å². The first-order valence-corrected chi connectivity index (χ1v) is 7.90. The quantitative estimate of drug-likeness (QED) is 0.715. The number of piperazine rings is 1. The number of hydrogen-bond acceptors (Lipinski definition) is 4. The molecule has 0 aromatic heterocycles. The van der Waals surface area contributed by atoms with Crippen LogP contribution in [0.25, 0.3) is 0 Å². The number of nitrogens with zero attached hydrogens (tertiary/aromatic N) is 2. The second kappa shape index (κ2) is 7.96. The van der Waals surface area contributed by atoms with Crippen molar-refractivity contribution < 1.29 is 4.79 Å². The predicted molar refractivity (Wildman–Crippen MR) is 83.9 cm³/mol. The number of nitrogens with one attached hydrogen (secondary N) is 2. The first kappa shape index (κ1) is 17.4. The van der Waals surface area contributed by atoms with Crippen molar-refractivity contribution in [2.45, 2.75) is 46.2 Å². The van der Waals surface area contributed by atoms with Crippen LogP contribution in [0.15, 0.2) is 0 Å². The van der Waals surface area contributed by atoms with Crippen molar-refractivity contribution in [3.05, 3.63) is 0 Å². The summed E-state index contributed by atoms with van der Waals surface area (Å²) in [4.78, 5) is 17.1. The summed E-state index contributed by atoms with van der Waals surface area (Å²) in [7, 11) is 0. The Balaban J connectivity index is 2.50. The van der Waals surface area contributed by atoms with E-state index < -0.39 is 5.54 Å². The van der Waals surface area contributed by atoms with Gasteiger partial charge in [0.15, 0.2) is 0 Å². The average molecular weight is 284 g/mol. The Morgan fingerprint density at radius 1 is 1.30 bits per heavy atom. The third-order valence-corrected chi connectivity index (χ3v) is 4.27. The van der Waals surface area contributed by atoms with Gasteiger partial charge in [-0.2, -0.15) is 0 Å². The van der Waals surface area contributed by atoms with E-state index in [0.717, 1.165) is 45.8 Å². The summed E-state index contributed by atoms with van der Waals surface area (Å²) in [5, 5.41) is 6.50. The maximum atomic E-state index is 12.5. The van der Waals surface area contributed by atoms with E-state index in [1.54, 1.807) is 0 Å². The van der Waals surface area contributed by atoms with Crippen LogP contribution < -0.4 is 10.6 Å². The summed E-state index contributed by atoms with van der Waals surface area (Å²) < 4.78 is 0. The summed E-state index contributed by atoms with van der Waals surface area (Å²) in [6.07, 6.45) is 0. The molecule has 1 saturated heterocycles. The van der Waals surface area contributed by atoms with Gasteiger partial charge in [0, 0.05) is 38.8 Å². The molecule has 1 aliphatic rings. The molecule has 0 aliphatic carbocycles. The standard InChI is InChI=1S/C15H32N4O/c1-6-18(7-2)12-13(3)17-14(20)15(4,5)19-10-8-16-9-11-19/h13,16H,6-12H2,1-5H3,(H,17,20). The molecule has 2 N–H and O–H groups in total. The third kappa shape index (κ3) is 4.72. The molecule has 1 atom stereocenters. The van der Waals surface area contributed by atoms with Crippen LogP contribution in [-0.2, 0) is 4.79 Å². The minimum atomic E-state index is -0.431. The Bertz CT molecular complexity index is 296. The molecule has 5 heteroatoms. The van der Waals surface area contributed by atoms with Gasteiger partial charge in [0.2, 0.25) is 5.91 Å². The van der Waals surface area contributed by atoms with E-state index in [1.165, 1.54) is 0 Å². The predicted octanol–water partition coefficient (Wildman–Crippen LogP) is 0.517. The summed E-state index contributed by atoms with van der Waals surface area (Å²) in [5.74, 6) is 0.138. The highest BCUT2D eigenvalue weighted by Gasteiger charge is 2.35. The number of carbonyl (C=O) groups is 1. The zero-order valence-corrected chi connectivity index (χ0v) is 13.8. The number of amides is 1. The summed E-state index contributed by atoms with van der Waals surface area (Å²) >= 11 is 0. The number of likely N-dealkylation sites (N-methyl/N-ethyl adjacent to an activating group) is 1. The SMILES string of the molecule is CCN(CC)CC(C)NC(=O)C(C)(C)N1CCNCC1. The molecule has 1 amide bonds. The van der Waals surface area contributed by atoms with Crippen molar-refractivity contribution in [3.63, 3.8) is 0 Å². The van der Waals surface area contributed by atoms with Crippen molar-refractivity contribution >= 4 is 5.91 Å². The lowest BCUT2D eigenvalue weighted by molar-refractivity contribution is -0.132. The molecule has 118 valence electrons. The molecule has 0 bridgehead atoms. The van der Waals surface area contributed by atoms with Gasteiger partial charge in [-0.15, -0.1) is 0 Å². The summed E-state index contributed by atoms with van der Waals surface area (Å²) in [5.41, 5.74) is -0.431. The van der Waals surface area contributed by atoms with E-state index in [1.807, 2.05) is 13.8 Å². The fourth-order valence-electron chi connectivity index (χ4n) is 2.68. The molecule has 1 aliphatic heterocycles. The van der Waals surface area contributed by atoms with Crippen molar-refractivity contribution in [1.29, 1.82) is 0 Å². The van der Waals surface area contributed by atoms with Gasteiger partial charge < -0.3 is 15.5 Å². The van der Waals surface area contributed by atoms with Gasteiger partial charge in [0.1, 0.15) is 0 Å². The monoisotopic (exact) mass is 284 g/mol. The van der Waals surface area contributed by atoms with E-state index in [-0.39, 0.29) is 11.9 Å². The fourth-order valence-corrected chi connectivity index (χ4v) is 2.68. The van der Waals surface area contributed by atoms with Crippen LogP contribution >= 0.6 is 0 Å². The maximum Gasteiger partial charge on any atom is 0.240 e. The highest BCUT2D eigenvalue weighted by Crippen LogP contribution is 2.15. The van der Waals surface area contributed by atoms with Crippen molar-refractivity contribution in [2.24, 2.45) is 0 Å². The molecule has 1 rings (SSSR count). The van der Waals surface area contributed by atoms with Crippen molar-refractivity contribution in [1.82, 2.24) is 20.4 Å². The Morgan fingerprint density at radius 2 is 1.85 bits per heavy atom. The van der Waals surface area contributed by atoms with Gasteiger partial charge in [0.05, 0.1) is 5.54 Å². The minimum Gasteiger partial charge on any atom is -0.351 e. The van der Waals surface area contributed by atoms with E-state index in [0.29, 0.717) is 0 Å². The van der Waals surface area contributed by atoms with Gasteiger partial charge in [-0.3, -0.25) is 9.69 Å². The van der Waals surface area contributed by atoms with E-state index in [9.17, 15) is 4.79 Å². The van der Waals surface area contributed by atoms with E-state index in [4.69, 9.17) is 0 Å². The van der Waals surface area contributed by atoms with Crippen molar-refractivity contribution in [2.75, 3.05) is 45.8 Å². The number of hydrogen-bond donors (Lipinski definition) is 2. The molecule has 0 spiro atoms. The molecule has 1 fully saturated rings. The van der Waals surface area contributed by atoms with E-state index in [2.05, 4.69) is 41.2 Å². The molecule has 0 saturated carbocycles. The number of carbonyl (C=O) groups excluding carboxylic acids is 1. The highest BCUT2D eigenvalue weighted by molar-refractivity contribution is 5.85. The molecule has 0 aromatic rings. The van der Waals surface area contributed by atoms with Crippen LogP contribution in [0.1, 0.15) is 34.6 Å². The molecular formula is C15H32N4O. The third-order valence-electron chi connectivity index (χ3n) is 4.27. The van der Waals surface area contributed by atoms with Gasteiger partial charge in [-0.1, -0.05) is 13.8 Å².